The lowest BCUT2D eigenvalue weighted by Crippen LogP contribution is -2.51. The van der Waals surface area contributed by atoms with Crippen LogP contribution in [0.1, 0.15) is 90.1 Å². The van der Waals surface area contributed by atoms with Crippen molar-refractivity contribution in [1.82, 2.24) is 35.1 Å². The second-order valence-electron chi connectivity index (χ2n) is 17.8. The maximum atomic E-state index is 13.8. The molecule has 61 heavy (non-hydrogen) atoms. The Morgan fingerprint density at radius 1 is 0.738 bits per heavy atom. The van der Waals surface area contributed by atoms with E-state index in [9.17, 15) is 19.2 Å². The van der Waals surface area contributed by atoms with Crippen LogP contribution in [-0.4, -0.2) is 87.0 Å². The maximum absolute atomic E-state index is 13.8. The highest BCUT2D eigenvalue weighted by molar-refractivity contribution is 5.88. The summed E-state index contributed by atoms with van der Waals surface area (Å²) in [5, 5.41) is 2.73. The van der Waals surface area contributed by atoms with Crippen molar-refractivity contribution < 1.29 is 28.7 Å². The van der Waals surface area contributed by atoms with Crippen molar-refractivity contribution in [2.24, 2.45) is 29.6 Å². The SMILES string of the molecule is COC(=O)C[C@H](C(=O)N1C[C@@H](C)C[C@H]1c1ncc(-c2ccc(-c3ccc(-c4cc(C)c5nc([C@@H]6C[C@H](C)CN6C(=O)[C@@H](NC(=O)OC)C(C)C)[nH]c5c4)cc3)cc2)[nH]1)C(C)C. The predicted octanol–water partition coefficient (Wildman–Crippen LogP) is 8.63. The molecule has 2 fully saturated rings. The number of H-pyrrole nitrogens is 2. The van der Waals surface area contributed by atoms with E-state index in [2.05, 4.69) is 96.7 Å². The number of aryl methyl sites for hydroxylation is 1. The summed E-state index contributed by atoms with van der Waals surface area (Å²) in [6, 6.07) is 20.0. The van der Waals surface area contributed by atoms with Crippen molar-refractivity contribution in [1.29, 1.82) is 0 Å². The number of esters is 1. The average molecular weight is 830 g/mol. The van der Waals surface area contributed by atoms with E-state index in [0.717, 1.165) is 74.6 Å². The molecule has 0 saturated carbocycles. The zero-order chi connectivity index (χ0) is 43.7. The van der Waals surface area contributed by atoms with Gasteiger partial charge in [-0.05, 0) is 89.0 Å². The van der Waals surface area contributed by atoms with E-state index in [4.69, 9.17) is 19.4 Å². The molecule has 0 unspecified atom stereocenters. The number of nitrogens with one attached hydrogen (secondary N) is 3. The molecule has 13 nitrogen and oxygen atoms in total. The number of amides is 3. The minimum atomic E-state index is -0.703. The van der Waals surface area contributed by atoms with E-state index in [1.54, 1.807) is 0 Å². The summed E-state index contributed by atoms with van der Waals surface area (Å²) in [4.78, 5) is 72.4. The summed E-state index contributed by atoms with van der Waals surface area (Å²) in [5.74, 6) is 0.973. The molecular weight excluding hydrogens is 771 g/mol. The lowest BCUT2D eigenvalue weighted by molar-refractivity contribution is -0.148. The van der Waals surface area contributed by atoms with Crippen molar-refractivity contribution in [2.45, 2.75) is 85.9 Å². The highest BCUT2D eigenvalue weighted by atomic mass is 16.5. The number of likely N-dealkylation sites (tertiary alicyclic amines) is 2. The van der Waals surface area contributed by atoms with Gasteiger partial charge in [0.15, 0.2) is 0 Å². The number of fused-ring (bicyclic) bond motifs is 1. The topological polar surface area (TPSA) is 163 Å². The number of aromatic nitrogens is 4. The number of methoxy groups -OCH3 is 2. The quantitative estimate of drug-likeness (QED) is 0.105. The predicted molar refractivity (Wildman–Crippen MR) is 235 cm³/mol. The number of imidazole rings is 2. The minimum Gasteiger partial charge on any atom is -0.469 e. The molecule has 0 aliphatic carbocycles. The van der Waals surface area contributed by atoms with E-state index < -0.39 is 18.1 Å². The van der Waals surface area contributed by atoms with Gasteiger partial charge in [-0.3, -0.25) is 14.4 Å². The molecule has 3 amide bonds. The molecule has 0 radical (unpaired) electrons. The number of rotatable bonds is 12. The first-order valence-corrected chi connectivity index (χ1v) is 21.4. The molecule has 322 valence electrons. The average Bonchev–Trinajstić information content (AvgIpc) is 4.07. The third-order valence-electron chi connectivity index (χ3n) is 12.5. The van der Waals surface area contributed by atoms with Gasteiger partial charge >= 0.3 is 12.1 Å². The second kappa shape index (κ2) is 17.9. The Morgan fingerprint density at radius 3 is 1.85 bits per heavy atom. The molecule has 5 aromatic rings. The van der Waals surface area contributed by atoms with Gasteiger partial charge in [-0.15, -0.1) is 0 Å². The third kappa shape index (κ3) is 9.06. The van der Waals surface area contributed by atoms with Crippen molar-refractivity contribution in [3.8, 4) is 33.5 Å². The van der Waals surface area contributed by atoms with Crippen LogP contribution in [0.15, 0.2) is 66.9 Å². The van der Waals surface area contributed by atoms with Crippen LogP contribution in [0.3, 0.4) is 0 Å². The van der Waals surface area contributed by atoms with Crippen LogP contribution in [-0.2, 0) is 23.9 Å². The molecular formula is C48H59N7O6. The Bertz CT molecular complexity index is 2380. The van der Waals surface area contributed by atoms with Gasteiger partial charge in [0.1, 0.15) is 17.7 Å². The Kier molecular flexibility index (Phi) is 12.7. The van der Waals surface area contributed by atoms with Gasteiger partial charge in [-0.1, -0.05) is 90.1 Å². The normalized spacial score (nSPS) is 20.0. The highest BCUT2D eigenvalue weighted by Crippen LogP contribution is 2.39. The summed E-state index contributed by atoms with van der Waals surface area (Å²) in [6.07, 6.45) is 2.84. The Morgan fingerprint density at radius 2 is 1.30 bits per heavy atom. The van der Waals surface area contributed by atoms with Crippen molar-refractivity contribution in [3.63, 3.8) is 0 Å². The number of ether oxygens (including phenoxy) is 2. The van der Waals surface area contributed by atoms with Crippen LogP contribution in [0, 0.1) is 36.5 Å². The van der Waals surface area contributed by atoms with Crippen LogP contribution >= 0.6 is 0 Å². The largest absolute Gasteiger partial charge is 0.469 e. The number of hydrogen-bond donors (Lipinski definition) is 3. The highest BCUT2D eigenvalue weighted by Gasteiger charge is 2.41. The summed E-state index contributed by atoms with van der Waals surface area (Å²) in [6.45, 7) is 15.3. The van der Waals surface area contributed by atoms with E-state index in [0.29, 0.717) is 19.0 Å². The summed E-state index contributed by atoms with van der Waals surface area (Å²) in [5.41, 5.74) is 9.00. The number of benzene rings is 3. The van der Waals surface area contributed by atoms with Crippen molar-refractivity contribution in [3.05, 3.63) is 84.1 Å². The molecule has 7 rings (SSSR count). The minimum absolute atomic E-state index is 0.00291. The third-order valence-corrected chi connectivity index (χ3v) is 12.5. The molecule has 4 heterocycles. The molecule has 0 bridgehead atoms. The van der Waals surface area contributed by atoms with Crippen LogP contribution in [0.4, 0.5) is 4.79 Å². The Labute approximate surface area is 358 Å². The van der Waals surface area contributed by atoms with Crippen LogP contribution < -0.4 is 5.32 Å². The van der Waals surface area contributed by atoms with Gasteiger partial charge < -0.3 is 34.6 Å². The number of carbonyl (C=O) groups is 4. The van der Waals surface area contributed by atoms with E-state index in [1.165, 1.54) is 14.2 Å². The van der Waals surface area contributed by atoms with Crippen LogP contribution in [0.2, 0.25) is 0 Å². The first-order chi connectivity index (χ1) is 29.1. The van der Waals surface area contributed by atoms with Gasteiger partial charge in [-0.25, -0.2) is 14.8 Å². The van der Waals surface area contributed by atoms with Crippen LogP contribution in [0.5, 0.6) is 0 Å². The van der Waals surface area contributed by atoms with Crippen molar-refractivity contribution in [2.75, 3.05) is 27.3 Å². The number of hydrogen-bond acceptors (Lipinski definition) is 8. The summed E-state index contributed by atoms with van der Waals surface area (Å²) < 4.78 is 9.71. The number of nitrogens with zero attached hydrogens (tertiary/aromatic N) is 4. The number of carbonyl (C=O) groups excluding carboxylic acids is 4. The number of alkyl carbamates (subject to hydrolysis) is 1. The molecule has 2 saturated heterocycles. The molecule has 13 heteroatoms. The van der Waals surface area contributed by atoms with Crippen LogP contribution in [0.25, 0.3) is 44.5 Å². The van der Waals surface area contributed by atoms with Gasteiger partial charge in [-0.2, -0.15) is 0 Å². The standard InChI is InChI=1S/C48H59N7O6/c1-26(2)36(22-41(56)60-8)46(57)54-24-28(5)18-39(54)44-49-23-38(51-44)34-16-14-32(15-17-34)31-10-12-33(13-11-31)35-20-30(7)43-37(21-35)50-45(52-43)40-19-29(6)25-55(40)47(58)42(27(3)4)53-48(59)61-9/h10-17,20-21,23,26-29,36,39-40,42H,18-19,22,24-25H2,1-9H3,(H,49,51)(H,50,52)(H,53,59)/t28-,29-,36-,39-,40-,42-/m0/s1. The number of aromatic amines is 2. The zero-order valence-electron chi connectivity index (χ0n) is 36.7. The molecule has 6 atom stereocenters. The van der Waals surface area contributed by atoms with E-state index in [-0.39, 0.29) is 54.0 Å². The van der Waals surface area contributed by atoms with E-state index in [1.807, 2.05) is 43.7 Å². The summed E-state index contributed by atoms with van der Waals surface area (Å²) >= 11 is 0. The van der Waals surface area contributed by atoms with E-state index >= 15 is 0 Å². The first-order valence-electron chi connectivity index (χ1n) is 21.4. The fourth-order valence-corrected chi connectivity index (χ4v) is 9.04. The van der Waals surface area contributed by atoms with Gasteiger partial charge in [0.05, 0.1) is 61.6 Å². The monoisotopic (exact) mass is 829 g/mol. The molecule has 2 aliphatic rings. The lowest BCUT2D eigenvalue weighted by atomic mass is 9.91. The molecule has 0 spiro atoms. The Balaban J connectivity index is 1.05. The lowest BCUT2D eigenvalue weighted by Gasteiger charge is -2.30. The molecule has 3 N–H and O–H groups in total. The zero-order valence-corrected chi connectivity index (χ0v) is 36.7. The van der Waals surface area contributed by atoms with Gasteiger partial charge in [0.25, 0.3) is 0 Å². The van der Waals surface area contributed by atoms with Gasteiger partial charge in [0, 0.05) is 13.1 Å². The molecule has 3 aromatic carbocycles. The maximum Gasteiger partial charge on any atom is 0.407 e. The fourth-order valence-electron chi connectivity index (χ4n) is 9.04. The smallest absolute Gasteiger partial charge is 0.407 e. The second-order valence-corrected chi connectivity index (χ2v) is 17.8. The fraction of sp³-hybridized carbons (Fsp3) is 0.458. The summed E-state index contributed by atoms with van der Waals surface area (Å²) in [7, 11) is 2.66. The molecule has 2 aliphatic heterocycles. The first kappa shape index (κ1) is 43.1. The van der Waals surface area contributed by atoms with Gasteiger partial charge in [0.2, 0.25) is 11.8 Å². The van der Waals surface area contributed by atoms with Crippen molar-refractivity contribution >= 4 is 34.9 Å². The molecule has 2 aromatic heterocycles. The Hall–Kier alpha value is -5.98.